The van der Waals surface area contributed by atoms with E-state index in [0.717, 1.165) is 50.1 Å². The highest BCUT2D eigenvalue weighted by molar-refractivity contribution is 5.76. The van der Waals surface area contributed by atoms with Crippen LogP contribution in [0.1, 0.15) is 36.8 Å². The summed E-state index contributed by atoms with van der Waals surface area (Å²) in [5, 5.41) is 6.73. The summed E-state index contributed by atoms with van der Waals surface area (Å²) in [6, 6.07) is 8.30. The zero-order valence-corrected chi connectivity index (χ0v) is 14.9. The van der Waals surface area contributed by atoms with E-state index >= 15 is 0 Å². The maximum Gasteiger partial charge on any atom is 0.222 e. The van der Waals surface area contributed by atoms with Crippen molar-refractivity contribution in [1.82, 2.24) is 15.1 Å². The fourth-order valence-electron chi connectivity index (χ4n) is 3.51. The summed E-state index contributed by atoms with van der Waals surface area (Å²) in [6.45, 7) is 1.81. The van der Waals surface area contributed by atoms with Gasteiger partial charge in [-0.3, -0.25) is 9.89 Å². The molecule has 1 N–H and O–H groups in total. The van der Waals surface area contributed by atoms with E-state index in [1.165, 1.54) is 12.0 Å². The number of aromatic amines is 1. The third kappa shape index (κ3) is 5.08. The van der Waals surface area contributed by atoms with Gasteiger partial charge in [0.1, 0.15) is 5.75 Å². The number of nitrogens with one attached hydrogen (secondary N) is 1. The van der Waals surface area contributed by atoms with Crippen LogP contribution in [0.5, 0.6) is 5.75 Å². The number of H-pyrrole nitrogens is 1. The van der Waals surface area contributed by atoms with Gasteiger partial charge in [0.25, 0.3) is 0 Å². The van der Waals surface area contributed by atoms with E-state index in [9.17, 15) is 4.79 Å². The Kier molecular flexibility index (Phi) is 6.09. The number of hydrogen-bond donors (Lipinski definition) is 1. The predicted molar refractivity (Wildman–Crippen MR) is 97.5 cm³/mol. The average Bonchev–Trinajstić information content (AvgIpc) is 3.19. The molecule has 1 unspecified atom stereocenters. The molecule has 1 saturated heterocycles. The number of likely N-dealkylation sites (tertiary alicyclic amines) is 1. The normalized spacial score (nSPS) is 17.5. The number of aryl methyl sites for hydroxylation is 2. The first kappa shape index (κ1) is 17.5. The van der Waals surface area contributed by atoms with Crippen molar-refractivity contribution < 1.29 is 9.53 Å². The highest BCUT2D eigenvalue weighted by atomic mass is 16.5. The second-order valence-corrected chi connectivity index (χ2v) is 6.84. The van der Waals surface area contributed by atoms with Crippen molar-refractivity contribution >= 4 is 5.91 Å². The number of rotatable bonds is 7. The Labute approximate surface area is 149 Å². The predicted octanol–water partition coefficient (Wildman–Crippen LogP) is 3.22. The molecule has 1 amide bonds. The second-order valence-electron chi connectivity index (χ2n) is 6.84. The Hall–Kier alpha value is -2.30. The number of carbonyl (C=O) groups excluding carboxylic acids is 1. The minimum absolute atomic E-state index is 0.273. The van der Waals surface area contributed by atoms with Crippen molar-refractivity contribution in [2.24, 2.45) is 5.92 Å². The molecule has 1 aromatic heterocycles. The van der Waals surface area contributed by atoms with Gasteiger partial charge in [0.05, 0.1) is 13.3 Å². The number of nitrogens with zero attached hydrogens (tertiary/aromatic N) is 2. The largest absolute Gasteiger partial charge is 0.497 e. The second kappa shape index (κ2) is 8.70. The van der Waals surface area contributed by atoms with Crippen molar-refractivity contribution in [2.45, 2.75) is 38.5 Å². The smallest absolute Gasteiger partial charge is 0.222 e. The summed E-state index contributed by atoms with van der Waals surface area (Å²) < 4.78 is 5.20. The van der Waals surface area contributed by atoms with Crippen LogP contribution < -0.4 is 4.74 Å². The van der Waals surface area contributed by atoms with Crippen LogP contribution >= 0.6 is 0 Å². The topological polar surface area (TPSA) is 58.2 Å². The average molecular weight is 341 g/mol. The van der Waals surface area contributed by atoms with Crippen molar-refractivity contribution in [2.75, 3.05) is 20.2 Å². The zero-order chi connectivity index (χ0) is 17.5. The maximum atomic E-state index is 12.5. The Morgan fingerprint density at radius 3 is 2.84 bits per heavy atom. The molecule has 2 heterocycles. The molecule has 0 bridgehead atoms. The van der Waals surface area contributed by atoms with Gasteiger partial charge in [-0.1, -0.05) is 12.1 Å². The lowest BCUT2D eigenvalue weighted by Gasteiger charge is -2.33. The molecule has 5 heteroatoms. The molecule has 3 rings (SSSR count). The van der Waals surface area contributed by atoms with Crippen LogP contribution in [0.25, 0.3) is 0 Å². The third-order valence-electron chi connectivity index (χ3n) is 5.05. The van der Waals surface area contributed by atoms with Gasteiger partial charge in [-0.05, 0) is 61.3 Å². The molecular formula is C20H27N3O2. The van der Waals surface area contributed by atoms with Gasteiger partial charge in [0.2, 0.25) is 5.91 Å². The number of amides is 1. The Morgan fingerprint density at radius 2 is 2.12 bits per heavy atom. The number of piperidine rings is 1. The lowest BCUT2D eigenvalue weighted by atomic mass is 9.91. The van der Waals surface area contributed by atoms with Gasteiger partial charge in [-0.15, -0.1) is 0 Å². The first-order chi connectivity index (χ1) is 12.2. The minimum atomic E-state index is 0.273. The van der Waals surface area contributed by atoms with Gasteiger partial charge in [-0.25, -0.2) is 0 Å². The third-order valence-corrected chi connectivity index (χ3v) is 5.05. The summed E-state index contributed by atoms with van der Waals surface area (Å²) in [5.41, 5.74) is 2.44. The highest BCUT2D eigenvalue weighted by Crippen LogP contribution is 2.23. The van der Waals surface area contributed by atoms with Crippen molar-refractivity contribution in [1.29, 1.82) is 0 Å². The van der Waals surface area contributed by atoms with E-state index in [2.05, 4.69) is 27.2 Å². The number of carbonyl (C=O) groups is 1. The van der Waals surface area contributed by atoms with Gasteiger partial charge in [-0.2, -0.15) is 5.10 Å². The molecule has 25 heavy (non-hydrogen) atoms. The Bertz CT molecular complexity index is 652. The molecule has 1 aromatic carbocycles. The molecule has 0 radical (unpaired) electrons. The quantitative estimate of drug-likeness (QED) is 0.841. The van der Waals surface area contributed by atoms with Crippen LogP contribution in [-0.2, 0) is 17.6 Å². The molecule has 5 nitrogen and oxygen atoms in total. The van der Waals surface area contributed by atoms with Crippen LogP contribution in [0.2, 0.25) is 0 Å². The SMILES string of the molecule is COc1ccc(CCC2CCCN(C(=O)CCc3cn[nH]c3)C2)cc1. The summed E-state index contributed by atoms with van der Waals surface area (Å²) in [6.07, 6.45) is 9.53. The van der Waals surface area contributed by atoms with E-state index in [0.29, 0.717) is 12.3 Å². The van der Waals surface area contributed by atoms with Crippen molar-refractivity contribution in [3.8, 4) is 5.75 Å². The number of aromatic nitrogens is 2. The van der Waals surface area contributed by atoms with Gasteiger partial charge in [0, 0.05) is 25.7 Å². The fourth-order valence-corrected chi connectivity index (χ4v) is 3.51. The summed E-state index contributed by atoms with van der Waals surface area (Å²) >= 11 is 0. The van der Waals surface area contributed by atoms with E-state index < -0.39 is 0 Å². The van der Waals surface area contributed by atoms with E-state index in [1.54, 1.807) is 13.3 Å². The molecule has 0 saturated carbocycles. The fraction of sp³-hybridized carbons (Fsp3) is 0.500. The zero-order valence-electron chi connectivity index (χ0n) is 14.9. The standard InChI is InChI=1S/C20H27N3O2/c1-25-19-9-6-16(7-10-19)4-5-17-3-2-12-23(15-17)20(24)11-8-18-13-21-22-14-18/h6-7,9-10,13-14,17H,2-5,8,11-12,15H2,1H3,(H,21,22). The first-order valence-corrected chi connectivity index (χ1v) is 9.13. The minimum Gasteiger partial charge on any atom is -0.497 e. The molecule has 1 aliphatic rings. The number of methoxy groups -OCH3 is 1. The van der Waals surface area contributed by atoms with E-state index in [1.807, 2.05) is 18.3 Å². The van der Waals surface area contributed by atoms with Gasteiger partial charge >= 0.3 is 0 Å². The molecule has 1 aliphatic heterocycles. The van der Waals surface area contributed by atoms with E-state index in [-0.39, 0.29) is 5.91 Å². The maximum absolute atomic E-state index is 12.5. The Morgan fingerprint density at radius 1 is 1.28 bits per heavy atom. The lowest BCUT2D eigenvalue weighted by Crippen LogP contribution is -2.40. The van der Waals surface area contributed by atoms with Gasteiger partial charge in [0.15, 0.2) is 0 Å². The number of ether oxygens (including phenoxy) is 1. The van der Waals surface area contributed by atoms with Crippen LogP contribution in [0.4, 0.5) is 0 Å². The summed E-state index contributed by atoms with van der Waals surface area (Å²) in [7, 11) is 1.69. The molecule has 1 atom stereocenters. The summed E-state index contributed by atoms with van der Waals surface area (Å²) in [4.78, 5) is 14.5. The number of hydrogen-bond acceptors (Lipinski definition) is 3. The van der Waals surface area contributed by atoms with Crippen molar-refractivity contribution in [3.63, 3.8) is 0 Å². The summed E-state index contributed by atoms with van der Waals surface area (Å²) in [5.74, 6) is 1.78. The molecular weight excluding hydrogens is 314 g/mol. The van der Waals surface area contributed by atoms with Crippen molar-refractivity contribution in [3.05, 3.63) is 47.8 Å². The van der Waals surface area contributed by atoms with Crippen LogP contribution in [0.3, 0.4) is 0 Å². The molecule has 134 valence electrons. The van der Waals surface area contributed by atoms with Crippen LogP contribution in [0.15, 0.2) is 36.7 Å². The molecule has 1 fully saturated rings. The Balaban J connectivity index is 1.44. The highest BCUT2D eigenvalue weighted by Gasteiger charge is 2.23. The lowest BCUT2D eigenvalue weighted by molar-refractivity contribution is -0.133. The molecule has 0 spiro atoms. The molecule has 2 aromatic rings. The molecule has 0 aliphatic carbocycles. The van der Waals surface area contributed by atoms with Crippen LogP contribution in [0, 0.1) is 5.92 Å². The van der Waals surface area contributed by atoms with E-state index in [4.69, 9.17) is 4.74 Å². The first-order valence-electron chi connectivity index (χ1n) is 9.13. The van der Waals surface area contributed by atoms with Crippen LogP contribution in [-0.4, -0.2) is 41.2 Å². The van der Waals surface area contributed by atoms with Gasteiger partial charge < -0.3 is 9.64 Å². The number of benzene rings is 1. The monoisotopic (exact) mass is 341 g/mol.